The van der Waals surface area contributed by atoms with Crippen molar-refractivity contribution >= 4 is 21.9 Å². The van der Waals surface area contributed by atoms with Gasteiger partial charge in [0.2, 0.25) is 0 Å². The summed E-state index contributed by atoms with van der Waals surface area (Å²) in [5.41, 5.74) is 0.282. The molecule has 0 aliphatic heterocycles. The molecule has 0 saturated heterocycles. The summed E-state index contributed by atoms with van der Waals surface area (Å²) < 4.78 is 6.09. The number of hydrogen-bond acceptors (Lipinski definition) is 3. The molecule has 1 aromatic rings. The molecule has 1 rings (SSSR count). The van der Waals surface area contributed by atoms with Gasteiger partial charge in [-0.15, -0.1) is 0 Å². The van der Waals surface area contributed by atoms with Gasteiger partial charge in [0.25, 0.3) is 0 Å². The fourth-order valence-electron chi connectivity index (χ4n) is 1.60. The lowest BCUT2D eigenvalue weighted by atomic mass is 10.0. The monoisotopic (exact) mass is 329 g/mol. The maximum absolute atomic E-state index is 11.1. The van der Waals surface area contributed by atoms with Gasteiger partial charge in [0.1, 0.15) is 11.3 Å². The maximum atomic E-state index is 11.1. The first-order valence-electron chi connectivity index (χ1n) is 6.06. The zero-order valence-electron chi connectivity index (χ0n) is 11.7. The molecule has 0 amide bonds. The summed E-state index contributed by atoms with van der Waals surface area (Å²) in [6.45, 7) is 4.09. The van der Waals surface area contributed by atoms with E-state index in [1.54, 1.807) is 21.0 Å². The number of hydrogen-bond donors (Lipinski definition) is 1. The summed E-state index contributed by atoms with van der Waals surface area (Å²) >= 11 is 3.44. The molecular formula is C14H20BrNO3. The van der Waals surface area contributed by atoms with Crippen molar-refractivity contribution in [1.82, 2.24) is 4.90 Å². The van der Waals surface area contributed by atoms with Gasteiger partial charge in [-0.1, -0.05) is 6.07 Å². The normalized spacial score (nSPS) is 11.7. The fraction of sp³-hybridized carbons (Fsp3) is 0.500. The summed E-state index contributed by atoms with van der Waals surface area (Å²) in [6.07, 6.45) is 0.788. The van der Waals surface area contributed by atoms with Crippen LogP contribution < -0.4 is 4.74 Å². The number of methoxy groups -OCH3 is 1. The van der Waals surface area contributed by atoms with Crippen molar-refractivity contribution < 1.29 is 14.6 Å². The first-order valence-corrected chi connectivity index (χ1v) is 6.85. The molecule has 5 heteroatoms. The van der Waals surface area contributed by atoms with Crippen LogP contribution in [0.25, 0.3) is 0 Å². The van der Waals surface area contributed by atoms with Gasteiger partial charge in [-0.05, 0) is 60.9 Å². The third-order valence-electron chi connectivity index (χ3n) is 3.43. The molecule has 0 unspecified atom stereocenters. The molecule has 19 heavy (non-hydrogen) atoms. The van der Waals surface area contributed by atoms with Crippen LogP contribution in [0.15, 0.2) is 22.7 Å². The highest BCUT2D eigenvalue weighted by Crippen LogP contribution is 2.26. The van der Waals surface area contributed by atoms with Crippen molar-refractivity contribution in [2.24, 2.45) is 0 Å². The minimum absolute atomic E-state index is 0.679. The number of carboxylic acids is 1. The minimum atomic E-state index is -0.857. The molecule has 0 aliphatic carbocycles. The van der Waals surface area contributed by atoms with Crippen LogP contribution in [0.4, 0.5) is 0 Å². The molecule has 1 N–H and O–H groups in total. The Balaban J connectivity index is 2.67. The lowest BCUT2D eigenvalue weighted by Gasteiger charge is -2.31. The highest BCUT2D eigenvalue weighted by atomic mass is 79.9. The summed E-state index contributed by atoms with van der Waals surface area (Å²) in [7, 11) is 3.45. The molecule has 0 radical (unpaired) electrons. The Morgan fingerprint density at radius 3 is 2.58 bits per heavy atom. The Bertz CT molecular complexity index is 460. The Morgan fingerprint density at radius 1 is 1.47 bits per heavy atom. The highest BCUT2D eigenvalue weighted by Gasteiger charge is 2.31. The number of carbonyl (C=O) groups is 1. The standard InChI is InChI=1S/C14H20BrNO3/c1-14(2,13(17)18)16(3)8-7-10-5-6-12(19-4)11(15)9-10/h5-6,9H,7-8H2,1-4H3,(H,17,18). The van der Waals surface area contributed by atoms with Crippen LogP contribution >= 0.6 is 15.9 Å². The SMILES string of the molecule is COc1ccc(CCN(C)C(C)(C)C(=O)O)cc1Br. The van der Waals surface area contributed by atoms with E-state index in [1.165, 1.54) is 0 Å². The predicted octanol–water partition coefficient (Wildman–Crippen LogP) is 2.80. The van der Waals surface area contributed by atoms with E-state index in [9.17, 15) is 4.79 Å². The van der Waals surface area contributed by atoms with Gasteiger partial charge in [-0.25, -0.2) is 0 Å². The van der Waals surface area contributed by atoms with Crippen molar-refractivity contribution in [3.63, 3.8) is 0 Å². The van der Waals surface area contributed by atoms with Gasteiger partial charge in [0, 0.05) is 6.54 Å². The molecule has 0 atom stereocenters. The molecular weight excluding hydrogens is 310 g/mol. The zero-order chi connectivity index (χ0) is 14.6. The van der Waals surface area contributed by atoms with Gasteiger partial charge in [0.05, 0.1) is 11.6 Å². The van der Waals surface area contributed by atoms with Crippen LogP contribution in [0.1, 0.15) is 19.4 Å². The summed E-state index contributed by atoms with van der Waals surface area (Å²) in [5, 5.41) is 9.16. The summed E-state index contributed by atoms with van der Waals surface area (Å²) in [6, 6.07) is 5.90. The molecule has 0 fully saturated rings. The molecule has 0 heterocycles. The number of nitrogens with zero attached hydrogens (tertiary/aromatic N) is 1. The van der Waals surface area contributed by atoms with Crippen LogP contribution in [0, 0.1) is 0 Å². The van der Waals surface area contributed by atoms with Crippen LogP contribution in [0.5, 0.6) is 5.75 Å². The Kier molecular flexibility index (Phi) is 5.38. The van der Waals surface area contributed by atoms with Crippen LogP contribution in [0.3, 0.4) is 0 Å². The summed E-state index contributed by atoms with van der Waals surface area (Å²) in [5.74, 6) is -0.0196. The molecule has 1 aromatic carbocycles. The first-order chi connectivity index (χ1) is 8.78. The molecule has 0 saturated carbocycles. The highest BCUT2D eigenvalue weighted by molar-refractivity contribution is 9.10. The van der Waals surface area contributed by atoms with E-state index in [0.29, 0.717) is 6.54 Å². The quantitative estimate of drug-likeness (QED) is 0.871. The van der Waals surface area contributed by atoms with E-state index in [0.717, 1.165) is 22.2 Å². The van der Waals surface area contributed by atoms with Gasteiger partial charge in [0.15, 0.2) is 0 Å². The van der Waals surface area contributed by atoms with E-state index < -0.39 is 11.5 Å². The smallest absolute Gasteiger partial charge is 0.323 e. The second kappa shape index (κ2) is 6.39. The fourth-order valence-corrected chi connectivity index (χ4v) is 2.19. The van der Waals surface area contributed by atoms with Crippen molar-refractivity contribution in [3.05, 3.63) is 28.2 Å². The van der Waals surface area contributed by atoms with E-state index in [2.05, 4.69) is 15.9 Å². The third-order valence-corrected chi connectivity index (χ3v) is 4.05. The molecule has 0 bridgehead atoms. The van der Waals surface area contributed by atoms with Gasteiger partial charge in [-0.2, -0.15) is 0 Å². The summed E-state index contributed by atoms with van der Waals surface area (Å²) in [4.78, 5) is 13.0. The molecule has 4 nitrogen and oxygen atoms in total. The second-order valence-corrected chi connectivity index (χ2v) is 5.86. The lowest BCUT2D eigenvalue weighted by Crippen LogP contribution is -2.48. The number of carboxylic acid groups (broad SMARTS) is 1. The van der Waals surface area contributed by atoms with Gasteiger partial charge in [-0.3, -0.25) is 9.69 Å². The third kappa shape index (κ3) is 3.94. The van der Waals surface area contributed by atoms with Crippen molar-refractivity contribution in [2.45, 2.75) is 25.8 Å². The zero-order valence-corrected chi connectivity index (χ0v) is 13.3. The Labute approximate surface area is 122 Å². The van der Waals surface area contributed by atoms with E-state index in [1.807, 2.05) is 30.1 Å². The molecule has 0 aromatic heterocycles. The van der Waals surface area contributed by atoms with E-state index >= 15 is 0 Å². The van der Waals surface area contributed by atoms with E-state index in [4.69, 9.17) is 9.84 Å². The topological polar surface area (TPSA) is 49.8 Å². The maximum Gasteiger partial charge on any atom is 0.323 e. The van der Waals surface area contributed by atoms with E-state index in [-0.39, 0.29) is 0 Å². The van der Waals surface area contributed by atoms with Crippen molar-refractivity contribution in [2.75, 3.05) is 20.7 Å². The predicted molar refractivity (Wildman–Crippen MR) is 78.7 cm³/mol. The Hall–Kier alpha value is -1.07. The molecule has 106 valence electrons. The number of aliphatic carboxylic acids is 1. The molecule has 0 aliphatic rings. The van der Waals surface area contributed by atoms with Crippen LogP contribution in [-0.4, -0.2) is 42.2 Å². The number of likely N-dealkylation sites (N-methyl/N-ethyl adjacent to an activating group) is 1. The van der Waals surface area contributed by atoms with Gasteiger partial charge < -0.3 is 9.84 Å². The van der Waals surface area contributed by atoms with Crippen LogP contribution in [0.2, 0.25) is 0 Å². The second-order valence-electron chi connectivity index (χ2n) is 5.00. The number of rotatable bonds is 6. The van der Waals surface area contributed by atoms with Crippen molar-refractivity contribution in [1.29, 1.82) is 0 Å². The number of halogens is 1. The Morgan fingerprint density at radius 2 is 2.11 bits per heavy atom. The average Bonchev–Trinajstić information content (AvgIpc) is 2.35. The largest absolute Gasteiger partial charge is 0.496 e. The number of ether oxygens (including phenoxy) is 1. The van der Waals surface area contributed by atoms with Crippen molar-refractivity contribution in [3.8, 4) is 5.75 Å². The molecule has 0 spiro atoms. The lowest BCUT2D eigenvalue weighted by molar-refractivity contribution is -0.148. The first kappa shape index (κ1) is 16.0. The van der Waals surface area contributed by atoms with Gasteiger partial charge >= 0.3 is 5.97 Å². The van der Waals surface area contributed by atoms with Crippen LogP contribution in [-0.2, 0) is 11.2 Å². The average molecular weight is 330 g/mol. The number of benzene rings is 1. The minimum Gasteiger partial charge on any atom is -0.496 e.